The quantitative estimate of drug-likeness (QED) is 0.920. The van der Waals surface area contributed by atoms with Gasteiger partial charge in [0, 0.05) is 16.1 Å². The first-order valence-electron chi connectivity index (χ1n) is 6.56. The van der Waals surface area contributed by atoms with Crippen LogP contribution in [0.2, 0.25) is 0 Å². The van der Waals surface area contributed by atoms with E-state index in [1.54, 1.807) is 19.1 Å². The van der Waals surface area contributed by atoms with E-state index in [1.165, 1.54) is 17.4 Å². The monoisotopic (exact) mass is 327 g/mol. The van der Waals surface area contributed by atoms with Crippen molar-refractivity contribution >= 4 is 37.2 Å². The molecule has 1 atom stereocenters. The zero-order valence-electron chi connectivity index (χ0n) is 11.3. The zero-order valence-corrected chi connectivity index (χ0v) is 13.0. The minimum atomic E-state index is -3.04. The van der Waals surface area contributed by atoms with Crippen LogP contribution in [0.4, 0.5) is 4.39 Å². The standard InChI is InChI=1S/C14H14FNO3S2/c1-8-12-10(15)3-2-4-11(12)20-13(8)14(17)16-9-5-6-21(18,19)7-9/h2-4,9H,5-7H2,1H3,(H,16,17)/t9-/m0/s1. The molecule has 2 aromatic rings. The summed E-state index contributed by atoms with van der Waals surface area (Å²) in [6, 6.07) is 4.40. The van der Waals surface area contributed by atoms with E-state index in [2.05, 4.69) is 5.32 Å². The number of thiophene rings is 1. The van der Waals surface area contributed by atoms with Crippen LogP contribution in [0.15, 0.2) is 18.2 Å². The lowest BCUT2D eigenvalue weighted by molar-refractivity contribution is 0.0945. The molecule has 1 aromatic heterocycles. The highest BCUT2D eigenvalue weighted by molar-refractivity contribution is 7.91. The number of amides is 1. The molecule has 1 aromatic carbocycles. The van der Waals surface area contributed by atoms with Crippen molar-refractivity contribution in [1.82, 2.24) is 5.32 Å². The second-order valence-corrected chi connectivity index (χ2v) is 8.52. The van der Waals surface area contributed by atoms with Gasteiger partial charge >= 0.3 is 0 Å². The van der Waals surface area contributed by atoms with Crippen molar-refractivity contribution in [2.75, 3.05) is 11.5 Å². The molecule has 112 valence electrons. The first-order chi connectivity index (χ1) is 9.87. The van der Waals surface area contributed by atoms with Gasteiger partial charge in [-0.1, -0.05) is 6.07 Å². The predicted octanol–water partition coefficient (Wildman–Crippen LogP) is 2.27. The maximum atomic E-state index is 13.8. The summed E-state index contributed by atoms with van der Waals surface area (Å²) in [5.74, 6) is -0.575. The lowest BCUT2D eigenvalue weighted by atomic mass is 10.1. The van der Waals surface area contributed by atoms with Gasteiger partial charge in [0.05, 0.1) is 16.4 Å². The summed E-state index contributed by atoms with van der Waals surface area (Å²) >= 11 is 1.23. The Morgan fingerprint density at radius 3 is 2.81 bits per heavy atom. The Hall–Kier alpha value is -1.47. The third kappa shape index (κ3) is 2.67. The maximum Gasteiger partial charge on any atom is 0.261 e. The van der Waals surface area contributed by atoms with Gasteiger partial charge in [-0.2, -0.15) is 0 Å². The van der Waals surface area contributed by atoms with Crippen LogP contribution in [-0.4, -0.2) is 31.9 Å². The molecule has 1 amide bonds. The van der Waals surface area contributed by atoms with Crippen LogP contribution < -0.4 is 5.32 Å². The highest BCUT2D eigenvalue weighted by Gasteiger charge is 2.30. The van der Waals surface area contributed by atoms with Gasteiger partial charge in [-0.25, -0.2) is 12.8 Å². The van der Waals surface area contributed by atoms with Crippen molar-refractivity contribution in [3.05, 3.63) is 34.5 Å². The highest BCUT2D eigenvalue weighted by atomic mass is 32.2. The van der Waals surface area contributed by atoms with Crippen LogP contribution in [-0.2, 0) is 9.84 Å². The molecule has 3 rings (SSSR count). The summed E-state index contributed by atoms with van der Waals surface area (Å²) in [4.78, 5) is 12.7. The normalized spacial score (nSPS) is 20.8. The number of carbonyl (C=O) groups excluding carboxylic acids is 1. The number of halogens is 1. The van der Waals surface area contributed by atoms with Crippen LogP contribution in [0.5, 0.6) is 0 Å². The van der Waals surface area contributed by atoms with Gasteiger partial charge in [0.1, 0.15) is 5.82 Å². The topological polar surface area (TPSA) is 63.2 Å². The lowest BCUT2D eigenvalue weighted by Gasteiger charge is -2.10. The van der Waals surface area contributed by atoms with Crippen molar-refractivity contribution in [3.8, 4) is 0 Å². The number of nitrogens with one attached hydrogen (secondary N) is 1. The molecule has 1 aliphatic rings. The predicted molar refractivity (Wildman–Crippen MR) is 81.0 cm³/mol. The molecule has 0 radical (unpaired) electrons. The molecule has 21 heavy (non-hydrogen) atoms. The van der Waals surface area contributed by atoms with E-state index in [1.807, 2.05) is 0 Å². The first-order valence-corrected chi connectivity index (χ1v) is 9.20. The SMILES string of the molecule is Cc1c(C(=O)N[C@H]2CCS(=O)(=O)C2)sc2cccc(F)c12. The number of hydrogen-bond acceptors (Lipinski definition) is 4. The van der Waals surface area contributed by atoms with Gasteiger partial charge in [-0.15, -0.1) is 11.3 Å². The van der Waals surface area contributed by atoms with Gasteiger partial charge < -0.3 is 5.32 Å². The van der Waals surface area contributed by atoms with Gasteiger partial charge in [0.2, 0.25) is 0 Å². The van der Waals surface area contributed by atoms with Crippen LogP contribution >= 0.6 is 11.3 Å². The minimum Gasteiger partial charge on any atom is -0.348 e. The van der Waals surface area contributed by atoms with Crippen molar-refractivity contribution in [3.63, 3.8) is 0 Å². The number of hydrogen-bond donors (Lipinski definition) is 1. The van der Waals surface area contributed by atoms with Crippen LogP contribution in [0.1, 0.15) is 21.7 Å². The molecule has 2 heterocycles. The van der Waals surface area contributed by atoms with Crippen molar-refractivity contribution in [2.45, 2.75) is 19.4 Å². The lowest BCUT2D eigenvalue weighted by Crippen LogP contribution is -2.35. The van der Waals surface area contributed by atoms with E-state index in [9.17, 15) is 17.6 Å². The van der Waals surface area contributed by atoms with E-state index in [0.717, 1.165) is 4.70 Å². The van der Waals surface area contributed by atoms with Gasteiger partial charge in [-0.3, -0.25) is 4.79 Å². The molecule has 0 spiro atoms. The average Bonchev–Trinajstić information content (AvgIpc) is 2.91. The fourth-order valence-corrected chi connectivity index (χ4v) is 5.43. The molecular formula is C14H14FNO3S2. The second-order valence-electron chi connectivity index (χ2n) is 5.24. The maximum absolute atomic E-state index is 13.8. The largest absolute Gasteiger partial charge is 0.348 e. The van der Waals surface area contributed by atoms with Crippen LogP contribution in [0.25, 0.3) is 10.1 Å². The summed E-state index contributed by atoms with van der Waals surface area (Å²) in [7, 11) is -3.04. The van der Waals surface area contributed by atoms with E-state index in [-0.39, 0.29) is 29.3 Å². The minimum absolute atomic E-state index is 0.0168. The zero-order chi connectivity index (χ0) is 15.2. The van der Waals surface area contributed by atoms with Crippen LogP contribution in [0, 0.1) is 12.7 Å². The number of aryl methyl sites for hydroxylation is 1. The number of rotatable bonds is 2. The molecule has 0 aliphatic carbocycles. The van der Waals surface area contributed by atoms with E-state index in [0.29, 0.717) is 22.2 Å². The Bertz CT molecular complexity index is 826. The summed E-state index contributed by atoms with van der Waals surface area (Å²) in [6.07, 6.45) is 0.437. The van der Waals surface area contributed by atoms with Crippen molar-refractivity contribution < 1.29 is 17.6 Å². The fraction of sp³-hybridized carbons (Fsp3) is 0.357. The van der Waals surface area contributed by atoms with E-state index >= 15 is 0 Å². The van der Waals surface area contributed by atoms with Gasteiger partial charge in [0.25, 0.3) is 5.91 Å². The highest BCUT2D eigenvalue weighted by Crippen LogP contribution is 2.32. The molecule has 1 saturated heterocycles. The third-order valence-corrected chi connectivity index (χ3v) is 6.70. The van der Waals surface area contributed by atoms with Crippen LogP contribution in [0.3, 0.4) is 0 Å². The first kappa shape index (κ1) is 14.5. The van der Waals surface area contributed by atoms with Crippen molar-refractivity contribution in [1.29, 1.82) is 0 Å². The second kappa shape index (κ2) is 5.06. The molecule has 4 nitrogen and oxygen atoms in total. The molecular weight excluding hydrogens is 313 g/mol. The van der Waals surface area contributed by atoms with Gasteiger partial charge in [-0.05, 0) is 31.0 Å². The van der Waals surface area contributed by atoms with E-state index in [4.69, 9.17) is 0 Å². The summed E-state index contributed by atoms with van der Waals surface area (Å²) in [5.41, 5.74) is 0.603. The molecule has 0 unspecified atom stereocenters. The Labute approximate surface area is 125 Å². The Kier molecular flexibility index (Phi) is 3.49. The number of benzene rings is 1. The average molecular weight is 327 g/mol. The summed E-state index contributed by atoms with van der Waals surface area (Å²) in [6.45, 7) is 1.71. The summed E-state index contributed by atoms with van der Waals surface area (Å²) < 4.78 is 37.4. The number of fused-ring (bicyclic) bond motifs is 1. The molecule has 1 fully saturated rings. The summed E-state index contributed by atoms with van der Waals surface area (Å²) in [5, 5.41) is 3.21. The molecule has 0 bridgehead atoms. The molecule has 7 heteroatoms. The number of sulfone groups is 1. The smallest absolute Gasteiger partial charge is 0.261 e. The molecule has 1 aliphatic heterocycles. The Balaban J connectivity index is 1.89. The molecule has 0 saturated carbocycles. The van der Waals surface area contributed by atoms with Crippen molar-refractivity contribution in [2.24, 2.45) is 0 Å². The molecule has 1 N–H and O–H groups in total. The third-order valence-electron chi connectivity index (χ3n) is 3.68. The Morgan fingerprint density at radius 1 is 1.43 bits per heavy atom. The Morgan fingerprint density at radius 2 is 2.19 bits per heavy atom. The van der Waals surface area contributed by atoms with E-state index < -0.39 is 9.84 Å². The number of carbonyl (C=O) groups is 1. The van der Waals surface area contributed by atoms with Gasteiger partial charge in [0.15, 0.2) is 9.84 Å². The fourth-order valence-electron chi connectivity index (χ4n) is 2.63.